The second-order valence-electron chi connectivity index (χ2n) is 9.72. The van der Waals surface area contributed by atoms with Crippen LogP contribution in [-0.2, 0) is 16.7 Å². The van der Waals surface area contributed by atoms with Crippen LogP contribution in [0.4, 0.5) is 4.79 Å². The van der Waals surface area contributed by atoms with Gasteiger partial charge in [0.2, 0.25) is 0 Å². The van der Waals surface area contributed by atoms with E-state index in [1.165, 1.54) is 11.1 Å². The Balaban J connectivity index is 1.72. The molecule has 5 heteroatoms. The van der Waals surface area contributed by atoms with E-state index in [9.17, 15) is 4.79 Å². The molecule has 1 fully saturated rings. The molecular formula is C22H33N3O2. The molecule has 1 aliphatic heterocycles. The number of ether oxygens (including phenoxy) is 1. The van der Waals surface area contributed by atoms with E-state index < -0.39 is 5.60 Å². The molecule has 5 nitrogen and oxygen atoms in total. The number of carbonyl (C=O) groups is 1. The van der Waals surface area contributed by atoms with E-state index in [-0.39, 0.29) is 11.5 Å². The molecule has 148 valence electrons. The molecule has 0 saturated carbocycles. The number of nitrogens with zero attached hydrogens (tertiary/aromatic N) is 3. The number of aromatic nitrogens is 2. The Morgan fingerprint density at radius 3 is 2.44 bits per heavy atom. The van der Waals surface area contributed by atoms with E-state index in [2.05, 4.69) is 42.5 Å². The van der Waals surface area contributed by atoms with E-state index in [4.69, 9.17) is 4.74 Å². The molecule has 0 aliphatic carbocycles. The maximum absolute atomic E-state index is 12.3. The number of pyridine rings is 1. The molecule has 3 rings (SSSR count). The smallest absolute Gasteiger partial charge is 0.410 e. The van der Waals surface area contributed by atoms with Gasteiger partial charge in [0, 0.05) is 42.3 Å². The molecule has 1 amide bonds. The van der Waals surface area contributed by atoms with Crippen molar-refractivity contribution in [3.63, 3.8) is 0 Å². The fourth-order valence-electron chi connectivity index (χ4n) is 3.78. The molecule has 0 radical (unpaired) electrons. The van der Waals surface area contributed by atoms with Crippen LogP contribution in [0.25, 0.3) is 11.0 Å². The second-order valence-corrected chi connectivity index (χ2v) is 9.72. The summed E-state index contributed by atoms with van der Waals surface area (Å²) in [5.41, 5.74) is 2.02. The minimum Gasteiger partial charge on any atom is -0.444 e. The van der Waals surface area contributed by atoms with Crippen LogP contribution in [0.1, 0.15) is 60.1 Å². The van der Waals surface area contributed by atoms with Crippen molar-refractivity contribution in [3.8, 4) is 0 Å². The summed E-state index contributed by atoms with van der Waals surface area (Å²) >= 11 is 0. The quantitative estimate of drug-likeness (QED) is 0.748. The number of fused-ring (bicyclic) bond motifs is 1. The van der Waals surface area contributed by atoms with Crippen molar-refractivity contribution in [1.82, 2.24) is 14.5 Å². The Labute approximate surface area is 162 Å². The maximum Gasteiger partial charge on any atom is 0.410 e. The SMILES string of the molecule is CC(C)(C)OC(=O)N1CCC(Cn2c(C(C)(C)C)cc3cccnc32)CC1. The van der Waals surface area contributed by atoms with E-state index in [1.807, 2.05) is 37.9 Å². The Hall–Kier alpha value is -2.04. The van der Waals surface area contributed by atoms with Crippen LogP contribution in [0.5, 0.6) is 0 Å². The first kappa shape index (κ1) is 19.7. The minimum absolute atomic E-state index is 0.0674. The maximum atomic E-state index is 12.3. The van der Waals surface area contributed by atoms with Gasteiger partial charge >= 0.3 is 6.09 Å². The highest BCUT2D eigenvalue weighted by Gasteiger charge is 2.29. The third-order valence-electron chi connectivity index (χ3n) is 5.13. The molecule has 27 heavy (non-hydrogen) atoms. The summed E-state index contributed by atoms with van der Waals surface area (Å²) in [5.74, 6) is 0.544. The Morgan fingerprint density at radius 1 is 1.19 bits per heavy atom. The molecule has 0 bridgehead atoms. The third kappa shape index (κ3) is 4.63. The summed E-state index contributed by atoms with van der Waals surface area (Å²) in [4.78, 5) is 18.8. The van der Waals surface area contributed by atoms with Crippen molar-refractivity contribution in [2.75, 3.05) is 13.1 Å². The third-order valence-corrected chi connectivity index (χ3v) is 5.13. The van der Waals surface area contributed by atoms with Crippen molar-refractivity contribution >= 4 is 17.1 Å². The topological polar surface area (TPSA) is 47.4 Å². The Morgan fingerprint density at radius 2 is 1.85 bits per heavy atom. The zero-order valence-corrected chi connectivity index (χ0v) is 17.6. The summed E-state index contributed by atoms with van der Waals surface area (Å²) < 4.78 is 7.90. The summed E-state index contributed by atoms with van der Waals surface area (Å²) in [7, 11) is 0. The van der Waals surface area contributed by atoms with Gasteiger partial charge in [0.15, 0.2) is 0 Å². The van der Waals surface area contributed by atoms with Gasteiger partial charge in [-0.3, -0.25) is 0 Å². The summed E-state index contributed by atoms with van der Waals surface area (Å²) in [5, 5.41) is 1.20. The van der Waals surface area contributed by atoms with Crippen molar-refractivity contribution in [2.24, 2.45) is 5.92 Å². The lowest BCUT2D eigenvalue weighted by Crippen LogP contribution is -2.42. The van der Waals surface area contributed by atoms with Crippen molar-refractivity contribution < 1.29 is 9.53 Å². The molecule has 2 aromatic heterocycles. The van der Waals surface area contributed by atoms with Crippen LogP contribution in [0, 0.1) is 5.92 Å². The highest BCUT2D eigenvalue weighted by molar-refractivity contribution is 5.77. The molecule has 0 aromatic carbocycles. The van der Waals surface area contributed by atoms with Gasteiger partial charge in [0.25, 0.3) is 0 Å². The first-order valence-electron chi connectivity index (χ1n) is 9.97. The fourth-order valence-corrected chi connectivity index (χ4v) is 3.78. The van der Waals surface area contributed by atoms with Crippen molar-refractivity contribution in [1.29, 1.82) is 0 Å². The van der Waals surface area contributed by atoms with Gasteiger partial charge < -0.3 is 14.2 Å². The monoisotopic (exact) mass is 371 g/mol. The summed E-state index contributed by atoms with van der Waals surface area (Å²) in [6.45, 7) is 15.0. The Bertz CT molecular complexity index is 803. The van der Waals surface area contributed by atoms with Crippen LogP contribution < -0.4 is 0 Å². The number of hydrogen-bond donors (Lipinski definition) is 0. The first-order valence-corrected chi connectivity index (χ1v) is 9.97. The lowest BCUT2D eigenvalue weighted by atomic mass is 9.91. The normalized spacial score (nSPS) is 16.7. The van der Waals surface area contributed by atoms with E-state index in [0.29, 0.717) is 5.92 Å². The van der Waals surface area contributed by atoms with Crippen LogP contribution >= 0.6 is 0 Å². The van der Waals surface area contributed by atoms with Crippen LogP contribution in [0.3, 0.4) is 0 Å². The molecule has 1 aliphatic rings. The number of piperidine rings is 1. The summed E-state index contributed by atoms with van der Waals surface area (Å²) in [6, 6.07) is 6.41. The largest absolute Gasteiger partial charge is 0.444 e. The lowest BCUT2D eigenvalue weighted by Gasteiger charge is -2.34. The molecule has 0 spiro atoms. The molecule has 3 heterocycles. The first-order chi connectivity index (χ1) is 12.5. The van der Waals surface area contributed by atoms with Gasteiger partial charge in [-0.15, -0.1) is 0 Å². The van der Waals surface area contributed by atoms with Crippen LogP contribution in [0.15, 0.2) is 24.4 Å². The number of rotatable bonds is 2. The number of carbonyl (C=O) groups excluding carboxylic acids is 1. The number of amides is 1. The van der Waals surface area contributed by atoms with Gasteiger partial charge in [-0.05, 0) is 57.7 Å². The van der Waals surface area contributed by atoms with E-state index in [0.717, 1.165) is 38.1 Å². The standard InChI is InChI=1S/C22H33N3O2/c1-21(2,3)18-14-17-8-7-11-23-19(17)25(18)15-16-9-12-24(13-10-16)20(26)27-22(4,5)6/h7-8,11,14,16H,9-10,12-13,15H2,1-6H3. The molecule has 0 atom stereocenters. The van der Waals surface area contributed by atoms with Crippen LogP contribution in [0.2, 0.25) is 0 Å². The van der Waals surface area contributed by atoms with Gasteiger partial charge in [-0.2, -0.15) is 0 Å². The lowest BCUT2D eigenvalue weighted by molar-refractivity contribution is 0.0178. The average molecular weight is 372 g/mol. The highest BCUT2D eigenvalue weighted by atomic mass is 16.6. The van der Waals surface area contributed by atoms with Gasteiger partial charge in [-0.1, -0.05) is 20.8 Å². The molecule has 0 unspecified atom stereocenters. The average Bonchev–Trinajstić information content (AvgIpc) is 2.93. The van der Waals surface area contributed by atoms with Gasteiger partial charge in [-0.25, -0.2) is 9.78 Å². The molecular weight excluding hydrogens is 338 g/mol. The highest BCUT2D eigenvalue weighted by Crippen LogP contribution is 2.31. The van der Waals surface area contributed by atoms with E-state index >= 15 is 0 Å². The zero-order valence-electron chi connectivity index (χ0n) is 17.6. The second kappa shape index (κ2) is 7.17. The summed E-state index contributed by atoms with van der Waals surface area (Å²) in [6.07, 6.45) is 3.67. The minimum atomic E-state index is -0.439. The fraction of sp³-hybridized carbons (Fsp3) is 0.636. The molecule has 0 N–H and O–H groups in total. The zero-order chi connectivity index (χ0) is 19.8. The predicted octanol–water partition coefficient (Wildman–Crippen LogP) is 4.98. The molecule has 2 aromatic rings. The van der Waals surface area contributed by atoms with Crippen molar-refractivity contribution in [3.05, 3.63) is 30.1 Å². The Kier molecular flexibility index (Phi) is 5.24. The number of likely N-dealkylation sites (tertiary alicyclic amines) is 1. The van der Waals surface area contributed by atoms with Crippen molar-refractivity contribution in [2.45, 2.75) is 71.9 Å². The van der Waals surface area contributed by atoms with Crippen LogP contribution in [-0.4, -0.2) is 39.2 Å². The predicted molar refractivity (Wildman–Crippen MR) is 109 cm³/mol. The van der Waals surface area contributed by atoms with Gasteiger partial charge in [0.1, 0.15) is 11.2 Å². The number of hydrogen-bond acceptors (Lipinski definition) is 3. The van der Waals surface area contributed by atoms with E-state index in [1.54, 1.807) is 0 Å². The molecule has 1 saturated heterocycles. The van der Waals surface area contributed by atoms with Gasteiger partial charge in [0.05, 0.1) is 0 Å².